The minimum Gasteiger partial charge on any atom is -0.303 e. The van der Waals surface area contributed by atoms with Gasteiger partial charge in [-0.05, 0) is 38.9 Å². The zero-order chi connectivity index (χ0) is 20.5. The summed E-state index contributed by atoms with van der Waals surface area (Å²) in [6.07, 6.45) is 30.2. The Bertz CT molecular complexity index is 220. The van der Waals surface area contributed by atoms with E-state index in [1.54, 1.807) is 0 Å². The number of hydrogen-bond donors (Lipinski definition) is 0. The number of unbranched alkanes of at least 4 members (excludes halogenated alkanes) is 18. The maximum atomic E-state index is 2.81. The molecule has 0 aliphatic rings. The largest absolute Gasteiger partial charge is 0.303 e. The maximum Gasteiger partial charge on any atom is -0.00187 e. The minimum atomic E-state index is 1.36. The van der Waals surface area contributed by atoms with Crippen molar-refractivity contribution in [1.82, 2.24) is 4.90 Å². The smallest absolute Gasteiger partial charge is 0.00187 e. The Morgan fingerprint density at radius 2 is 0.500 bits per heavy atom. The maximum absolute atomic E-state index is 2.81. The van der Waals surface area contributed by atoms with Crippen molar-refractivity contribution in [1.29, 1.82) is 0 Å². The molecule has 0 unspecified atom stereocenters. The van der Waals surface area contributed by atoms with E-state index in [1.165, 1.54) is 154 Å². The molecule has 0 fully saturated rings. The molecule has 0 atom stereocenters. The lowest BCUT2D eigenvalue weighted by atomic mass is 10.1. The third-order valence-electron chi connectivity index (χ3n) is 6.23. The van der Waals surface area contributed by atoms with Gasteiger partial charge < -0.3 is 4.90 Å². The van der Waals surface area contributed by atoms with Crippen molar-refractivity contribution in [3.8, 4) is 0 Å². The highest BCUT2D eigenvalue weighted by atomic mass is 15.1. The van der Waals surface area contributed by atoms with E-state index in [1.807, 2.05) is 0 Å². The highest BCUT2D eigenvalue weighted by Crippen LogP contribution is 2.12. The summed E-state index contributed by atoms with van der Waals surface area (Å²) in [5.41, 5.74) is 0. The van der Waals surface area contributed by atoms with Crippen LogP contribution in [0.4, 0.5) is 0 Å². The van der Waals surface area contributed by atoms with Crippen LogP contribution in [0.1, 0.15) is 156 Å². The molecule has 0 aromatic heterocycles. The minimum absolute atomic E-state index is 1.36. The Balaban J connectivity index is 3.80. The van der Waals surface area contributed by atoms with Gasteiger partial charge in [0, 0.05) is 0 Å². The van der Waals surface area contributed by atoms with Gasteiger partial charge in [-0.25, -0.2) is 0 Å². The summed E-state index contributed by atoms with van der Waals surface area (Å²) >= 11 is 0. The second kappa shape index (κ2) is 25.0. The van der Waals surface area contributed by atoms with Crippen LogP contribution < -0.4 is 0 Å². The van der Waals surface area contributed by atoms with Gasteiger partial charge in [0.25, 0.3) is 0 Å². The molecule has 0 bridgehead atoms. The molecule has 0 aliphatic carbocycles. The third kappa shape index (κ3) is 22.3. The van der Waals surface area contributed by atoms with Crippen LogP contribution in [0.5, 0.6) is 0 Å². The van der Waals surface area contributed by atoms with Crippen LogP contribution in [0.3, 0.4) is 0 Å². The van der Waals surface area contributed by atoms with E-state index in [0.29, 0.717) is 0 Å². The van der Waals surface area contributed by atoms with Gasteiger partial charge >= 0.3 is 0 Å². The predicted octanol–water partition coefficient (Wildman–Crippen LogP) is 9.54. The molecular formula is C27H57N. The normalized spacial score (nSPS) is 11.6. The number of nitrogens with zero attached hydrogens (tertiary/aromatic N) is 1. The Morgan fingerprint density at radius 1 is 0.286 bits per heavy atom. The number of rotatable bonds is 24. The summed E-state index contributed by atoms with van der Waals surface area (Å²) in [6, 6.07) is 0. The fraction of sp³-hybridized carbons (Fsp3) is 1.00. The molecule has 0 radical (unpaired) electrons. The molecule has 1 heteroatoms. The summed E-state index contributed by atoms with van der Waals surface area (Å²) < 4.78 is 0. The highest BCUT2D eigenvalue weighted by molar-refractivity contribution is 4.60. The van der Waals surface area contributed by atoms with Gasteiger partial charge in [0.15, 0.2) is 0 Å². The van der Waals surface area contributed by atoms with Gasteiger partial charge in [0.2, 0.25) is 0 Å². The van der Waals surface area contributed by atoms with Gasteiger partial charge in [0.1, 0.15) is 0 Å². The fourth-order valence-corrected chi connectivity index (χ4v) is 4.21. The van der Waals surface area contributed by atoms with Gasteiger partial charge in [0.05, 0.1) is 0 Å². The average Bonchev–Trinajstić information content (AvgIpc) is 2.71. The van der Waals surface area contributed by atoms with E-state index in [4.69, 9.17) is 0 Å². The second-order valence-electron chi connectivity index (χ2n) is 9.21. The SMILES string of the molecule is CCCCCCCCCN(CCCCCCCCC)CCCCCCCCC. The lowest BCUT2D eigenvalue weighted by Crippen LogP contribution is -2.27. The zero-order valence-corrected chi connectivity index (χ0v) is 20.4. The van der Waals surface area contributed by atoms with Crippen LogP contribution in [-0.2, 0) is 0 Å². The molecule has 0 amide bonds. The van der Waals surface area contributed by atoms with E-state index < -0.39 is 0 Å². The van der Waals surface area contributed by atoms with Crippen molar-refractivity contribution in [3.63, 3.8) is 0 Å². The monoisotopic (exact) mass is 395 g/mol. The van der Waals surface area contributed by atoms with Crippen molar-refractivity contribution < 1.29 is 0 Å². The lowest BCUT2D eigenvalue weighted by molar-refractivity contribution is 0.254. The van der Waals surface area contributed by atoms with Crippen molar-refractivity contribution in [2.24, 2.45) is 0 Å². The first-order valence-corrected chi connectivity index (χ1v) is 13.6. The second-order valence-corrected chi connectivity index (χ2v) is 9.21. The molecule has 0 saturated carbocycles. The van der Waals surface area contributed by atoms with Crippen LogP contribution >= 0.6 is 0 Å². The molecule has 0 heterocycles. The first kappa shape index (κ1) is 28.0. The Hall–Kier alpha value is -0.0400. The van der Waals surface area contributed by atoms with E-state index >= 15 is 0 Å². The van der Waals surface area contributed by atoms with Gasteiger partial charge in [-0.1, -0.05) is 136 Å². The third-order valence-corrected chi connectivity index (χ3v) is 6.23. The first-order chi connectivity index (χ1) is 13.8. The van der Waals surface area contributed by atoms with E-state index in [2.05, 4.69) is 25.7 Å². The molecule has 28 heavy (non-hydrogen) atoms. The summed E-state index contributed by atoms with van der Waals surface area (Å²) in [7, 11) is 0. The van der Waals surface area contributed by atoms with Crippen LogP contribution in [0.25, 0.3) is 0 Å². The van der Waals surface area contributed by atoms with Crippen molar-refractivity contribution in [2.45, 2.75) is 156 Å². The molecule has 170 valence electrons. The van der Waals surface area contributed by atoms with Crippen LogP contribution in [0.2, 0.25) is 0 Å². The number of hydrogen-bond acceptors (Lipinski definition) is 1. The molecular weight excluding hydrogens is 338 g/mol. The Morgan fingerprint density at radius 3 is 0.750 bits per heavy atom. The quantitative estimate of drug-likeness (QED) is 0.147. The van der Waals surface area contributed by atoms with Crippen LogP contribution in [-0.4, -0.2) is 24.5 Å². The van der Waals surface area contributed by atoms with Gasteiger partial charge in [-0.2, -0.15) is 0 Å². The molecule has 0 aromatic carbocycles. The molecule has 0 rings (SSSR count). The Labute approximate surface area is 180 Å². The summed E-state index contributed by atoms with van der Waals surface area (Å²) in [5, 5.41) is 0. The van der Waals surface area contributed by atoms with E-state index in [9.17, 15) is 0 Å². The topological polar surface area (TPSA) is 3.24 Å². The van der Waals surface area contributed by atoms with Crippen LogP contribution in [0, 0.1) is 0 Å². The van der Waals surface area contributed by atoms with Gasteiger partial charge in [-0.15, -0.1) is 0 Å². The summed E-state index contributed by atoms with van der Waals surface area (Å²) in [4.78, 5) is 2.81. The highest BCUT2D eigenvalue weighted by Gasteiger charge is 2.05. The molecule has 0 spiro atoms. The average molecular weight is 396 g/mol. The van der Waals surface area contributed by atoms with Crippen molar-refractivity contribution in [3.05, 3.63) is 0 Å². The van der Waals surface area contributed by atoms with Crippen molar-refractivity contribution in [2.75, 3.05) is 19.6 Å². The molecule has 0 aromatic rings. The lowest BCUT2D eigenvalue weighted by Gasteiger charge is -2.22. The van der Waals surface area contributed by atoms with Gasteiger partial charge in [-0.3, -0.25) is 0 Å². The van der Waals surface area contributed by atoms with E-state index in [0.717, 1.165) is 0 Å². The standard InChI is InChI=1S/C27H57N/c1-4-7-10-13-16-19-22-25-28(26-23-20-17-14-11-8-5-2)27-24-21-18-15-12-9-6-3/h4-27H2,1-3H3. The van der Waals surface area contributed by atoms with Crippen molar-refractivity contribution >= 4 is 0 Å². The van der Waals surface area contributed by atoms with Crippen LogP contribution in [0.15, 0.2) is 0 Å². The fourth-order valence-electron chi connectivity index (χ4n) is 4.21. The van der Waals surface area contributed by atoms with E-state index in [-0.39, 0.29) is 0 Å². The summed E-state index contributed by atoms with van der Waals surface area (Å²) in [6.45, 7) is 11.0. The molecule has 0 N–H and O–H groups in total. The molecule has 1 nitrogen and oxygen atoms in total. The predicted molar refractivity (Wildman–Crippen MR) is 130 cm³/mol. The first-order valence-electron chi connectivity index (χ1n) is 13.6. The summed E-state index contributed by atoms with van der Waals surface area (Å²) in [5.74, 6) is 0. The molecule has 0 aliphatic heterocycles. The zero-order valence-electron chi connectivity index (χ0n) is 20.4. The Kier molecular flexibility index (Phi) is 25.0. The molecule has 0 saturated heterocycles.